The molecule has 0 unspecified atom stereocenters. The van der Waals surface area contributed by atoms with Crippen LogP contribution < -0.4 is 0 Å². The molecule has 5 nitrogen and oxygen atoms in total. The maximum Gasteiger partial charge on any atom is 0.334 e. The van der Waals surface area contributed by atoms with Gasteiger partial charge in [-0.15, -0.1) is 0 Å². The lowest BCUT2D eigenvalue weighted by atomic mass is 10.1. The summed E-state index contributed by atoms with van der Waals surface area (Å²) in [6.07, 6.45) is 0.628. The van der Waals surface area contributed by atoms with E-state index in [2.05, 4.69) is 0 Å². The molecule has 6 heteroatoms. The van der Waals surface area contributed by atoms with Crippen molar-refractivity contribution in [3.63, 3.8) is 0 Å². The average Bonchev–Trinajstić information content (AvgIpc) is 2.86. The Morgan fingerprint density at radius 1 is 1.22 bits per heavy atom. The van der Waals surface area contributed by atoms with Gasteiger partial charge in [0.25, 0.3) is 0 Å². The number of hydrogen-bond donors (Lipinski definition) is 0. The van der Waals surface area contributed by atoms with E-state index in [4.69, 9.17) is 4.74 Å². The molecule has 1 fully saturated rings. The number of sulfone groups is 1. The van der Waals surface area contributed by atoms with Gasteiger partial charge in [-0.3, -0.25) is 4.90 Å². The fourth-order valence-corrected chi connectivity index (χ4v) is 4.36. The quantitative estimate of drug-likeness (QED) is 0.776. The topological polar surface area (TPSA) is 63.7 Å². The van der Waals surface area contributed by atoms with Gasteiger partial charge in [0.2, 0.25) is 0 Å². The number of esters is 1. The molecule has 0 atom stereocenters. The normalized spacial score (nSPS) is 20.4. The van der Waals surface area contributed by atoms with Gasteiger partial charge in [-0.05, 0) is 23.6 Å². The molecule has 3 rings (SSSR count). The van der Waals surface area contributed by atoms with E-state index in [9.17, 15) is 13.2 Å². The number of fused-ring (bicyclic) bond motifs is 1. The summed E-state index contributed by atoms with van der Waals surface area (Å²) >= 11 is 0. The molecule has 0 radical (unpaired) electrons. The second-order valence-corrected chi connectivity index (χ2v) is 8.37. The molecule has 0 spiro atoms. The van der Waals surface area contributed by atoms with Crippen LogP contribution in [-0.2, 0) is 25.8 Å². The SMILES string of the molecule is CC1=C(C(=O)OCCN2CCS(=O)(=O)CC2)Cc2ccccc21. The molecule has 0 bridgehead atoms. The molecular formula is C17H21NO4S. The van der Waals surface area contributed by atoms with Crippen LogP contribution in [0.3, 0.4) is 0 Å². The highest BCUT2D eigenvalue weighted by Gasteiger charge is 2.25. The van der Waals surface area contributed by atoms with Crippen LogP contribution in [-0.4, -0.2) is 57.0 Å². The van der Waals surface area contributed by atoms with Crippen LogP contribution >= 0.6 is 0 Å². The Morgan fingerprint density at radius 2 is 1.91 bits per heavy atom. The zero-order valence-electron chi connectivity index (χ0n) is 13.2. The predicted octanol–water partition coefficient (Wildman–Crippen LogP) is 1.29. The number of rotatable bonds is 4. The zero-order chi connectivity index (χ0) is 16.4. The van der Waals surface area contributed by atoms with Crippen molar-refractivity contribution in [1.29, 1.82) is 0 Å². The molecule has 23 heavy (non-hydrogen) atoms. The van der Waals surface area contributed by atoms with Crippen LogP contribution in [0.15, 0.2) is 29.8 Å². The monoisotopic (exact) mass is 335 g/mol. The highest BCUT2D eigenvalue weighted by atomic mass is 32.2. The third-order valence-electron chi connectivity index (χ3n) is 4.57. The van der Waals surface area contributed by atoms with Gasteiger partial charge in [0.15, 0.2) is 9.84 Å². The number of carbonyl (C=O) groups is 1. The fourth-order valence-electron chi connectivity index (χ4n) is 3.08. The minimum absolute atomic E-state index is 0.195. The minimum Gasteiger partial charge on any atom is -0.461 e. The number of nitrogens with zero attached hydrogens (tertiary/aromatic N) is 1. The summed E-state index contributed by atoms with van der Waals surface area (Å²) in [5, 5.41) is 0. The van der Waals surface area contributed by atoms with Gasteiger partial charge in [-0.2, -0.15) is 0 Å². The van der Waals surface area contributed by atoms with Crippen LogP contribution in [0.5, 0.6) is 0 Å². The largest absolute Gasteiger partial charge is 0.461 e. The molecule has 1 aromatic rings. The fraction of sp³-hybridized carbons (Fsp3) is 0.471. The highest BCUT2D eigenvalue weighted by Crippen LogP contribution is 2.32. The second kappa shape index (κ2) is 6.45. The number of hydrogen-bond acceptors (Lipinski definition) is 5. The van der Waals surface area contributed by atoms with Crippen molar-refractivity contribution in [2.45, 2.75) is 13.3 Å². The van der Waals surface area contributed by atoms with E-state index in [1.807, 2.05) is 36.1 Å². The van der Waals surface area contributed by atoms with E-state index in [1.54, 1.807) is 0 Å². The molecule has 1 aliphatic heterocycles. The summed E-state index contributed by atoms with van der Waals surface area (Å²) in [6, 6.07) is 8.01. The third kappa shape index (κ3) is 3.64. The lowest BCUT2D eigenvalue weighted by Gasteiger charge is -2.26. The Bertz CT molecular complexity index is 738. The van der Waals surface area contributed by atoms with Crippen molar-refractivity contribution in [1.82, 2.24) is 4.90 Å². The van der Waals surface area contributed by atoms with Crippen molar-refractivity contribution < 1.29 is 17.9 Å². The predicted molar refractivity (Wildman–Crippen MR) is 88.8 cm³/mol. The molecule has 2 aliphatic rings. The molecule has 0 saturated carbocycles. The van der Waals surface area contributed by atoms with E-state index < -0.39 is 9.84 Å². The highest BCUT2D eigenvalue weighted by molar-refractivity contribution is 7.91. The lowest BCUT2D eigenvalue weighted by molar-refractivity contribution is -0.139. The summed E-state index contributed by atoms with van der Waals surface area (Å²) in [5.74, 6) is 0.129. The Hall–Kier alpha value is -1.66. The molecule has 1 saturated heterocycles. The first-order chi connectivity index (χ1) is 11.0. The van der Waals surface area contributed by atoms with Gasteiger partial charge >= 0.3 is 5.97 Å². The van der Waals surface area contributed by atoms with Crippen molar-refractivity contribution >= 4 is 21.4 Å². The van der Waals surface area contributed by atoms with Crippen molar-refractivity contribution in [3.8, 4) is 0 Å². The summed E-state index contributed by atoms with van der Waals surface area (Å²) in [7, 11) is -2.86. The van der Waals surface area contributed by atoms with E-state index in [1.165, 1.54) is 0 Å². The van der Waals surface area contributed by atoms with Crippen molar-refractivity contribution in [2.24, 2.45) is 0 Å². The van der Waals surface area contributed by atoms with Gasteiger partial charge in [0.05, 0.1) is 11.5 Å². The zero-order valence-corrected chi connectivity index (χ0v) is 14.1. The van der Waals surface area contributed by atoms with Crippen LogP contribution in [0.4, 0.5) is 0 Å². The molecule has 1 heterocycles. The van der Waals surface area contributed by atoms with Gasteiger partial charge < -0.3 is 4.74 Å². The van der Waals surface area contributed by atoms with Crippen molar-refractivity contribution in [2.75, 3.05) is 37.7 Å². The first kappa shape index (κ1) is 16.2. The maximum atomic E-state index is 12.3. The first-order valence-corrected chi connectivity index (χ1v) is 9.66. The number of allylic oxidation sites excluding steroid dienone is 1. The van der Waals surface area contributed by atoms with Gasteiger partial charge in [0.1, 0.15) is 6.61 Å². The molecular weight excluding hydrogens is 314 g/mol. The Labute approximate surface area is 136 Å². The molecule has 0 aromatic heterocycles. The standard InChI is InChI=1S/C17H21NO4S/c1-13-15-5-3-2-4-14(15)12-16(13)17(19)22-9-6-18-7-10-23(20,21)11-8-18/h2-5H,6-12H2,1H3. The lowest BCUT2D eigenvalue weighted by Crippen LogP contribution is -2.41. The summed E-state index contributed by atoms with van der Waals surface area (Å²) in [6.45, 7) is 3.88. The number of benzene rings is 1. The Balaban J connectivity index is 1.51. The maximum absolute atomic E-state index is 12.3. The van der Waals surface area contributed by atoms with Crippen molar-refractivity contribution in [3.05, 3.63) is 41.0 Å². The van der Waals surface area contributed by atoms with Gasteiger partial charge in [0, 0.05) is 31.6 Å². The van der Waals surface area contributed by atoms with Crippen LogP contribution in [0.1, 0.15) is 18.1 Å². The molecule has 124 valence electrons. The van der Waals surface area contributed by atoms with Crippen LogP contribution in [0.2, 0.25) is 0 Å². The average molecular weight is 335 g/mol. The van der Waals surface area contributed by atoms with Gasteiger partial charge in [-0.1, -0.05) is 24.3 Å². The second-order valence-electron chi connectivity index (χ2n) is 6.07. The Morgan fingerprint density at radius 3 is 2.61 bits per heavy atom. The number of carbonyl (C=O) groups excluding carboxylic acids is 1. The summed E-state index contributed by atoms with van der Waals surface area (Å²) in [4.78, 5) is 14.3. The van der Waals surface area contributed by atoms with Crippen LogP contribution in [0, 0.1) is 0 Å². The van der Waals surface area contributed by atoms with E-state index in [0.717, 1.165) is 22.3 Å². The number of ether oxygens (including phenoxy) is 1. The molecule has 0 N–H and O–H groups in total. The first-order valence-electron chi connectivity index (χ1n) is 7.84. The van der Waals surface area contributed by atoms with Crippen LogP contribution in [0.25, 0.3) is 5.57 Å². The summed E-state index contributed by atoms with van der Waals surface area (Å²) < 4.78 is 28.2. The molecule has 0 amide bonds. The molecule has 1 aliphatic carbocycles. The van der Waals surface area contributed by atoms with E-state index >= 15 is 0 Å². The van der Waals surface area contributed by atoms with Gasteiger partial charge in [-0.25, -0.2) is 13.2 Å². The Kier molecular flexibility index (Phi) is 4.55. The van der Waals surface area contributed by atoms with E-state index in [0.29, 0.717) is 32.7 Å². The summed E-state index contributed by atoms with van der Waals surface area (Å²) in [5.41, 5.74) is 4.01. The smallest absolute Gasteiger partial charge is 0.334 e. The minimum atomic E-state index is -2.86. The van der Waals surface area contributed by atoms with E-state index in [-0.39, 0.29) is 17.5 Å². The molecule has 1 aromatic carbocycles. The third-order valence-corrected chi connectivity index (χ3v) is 6.17.